The third-order valence-electron chi connectivity index (χ3n) is 3.75. The lowest BCUT2D eigenvalue weighted by molar-refractivity contribution is -0.174. The molecule has 0 aliphatic heterocycles. The van der Waals surface area contributed by atoms with Gasteiger partial charge in [-0.2, -0.15) is 18.3 Å². The van der Waals surface area contributed by atoms with Gasteiger partial charge in [0.2, 0.25) is 0 Å². The Morgan fingerprint density at radius 3 is 2.59 bits per heavy atom. The van der Waals surface area contributed by atoms with Crippen LogP contribution in [0.15, 0.2) is 48.7 Å². The van der Waals surface area contributed by atoms with Crippen molar-refractivity contribution in [2.45, 2.75) is 19.1 Å². The van der Waals surface area contributed by atoms with E-state index in [-0.39, 0.29) is 12.4 Å². The van der Waals surface area contributed by atoms with Gasteiger partial charge in [-0.25, -0.2) is 9.07 Å². The number of hydrogen-bond acceptors (Lipinski definition) is 3. The van der Waals surface area contributed by atoms with Crippen molar-refractivity contribution in [1.82, 2.24) is 15.1 Å². The Labute approximate surface area is 151 Å². The lowest BCUT2D eigenvalue weighted by Gasteiger charge is -2.16. The highest BCUT2D eigenvalue weighted by molar-refractivity contribution is 5.82. The molecule has 0 fully saturated rings. The maximum absolute atomic E-state index is 13.1. The molecular weight excluding hydrogens is 366 g/mol. The number of nitrogens with one attached hydrogen (secondary N) is 1. The number of rotatable bonds is 5. The number of halogens is 4. The highest BCUT2D eigenvalue weighted by atomic mass is 19.4. The van der Waals surface area contributed by atoms with Crippen molar-refractivity contribution in [2.24, 2.45) is 0 Å². The van der Waals surface area contributed by atoms with E-state index in [0.717, 1.165) is 10.9 Å². The minimum Gasteiger partial charge on any atom is -0.491 e. The largest absolute Gasteiger partial charge is 0.491 e. The van der Waals surface area contributed by atoms with Crippen molar-refractivity contribution in [2.75, 3.05) is 6.61 Å². The predicted molar refractivity (Wildman–Crippen MR) is 90.2 cm³/mol. The van der Waals surface area contributed by atoms with Crippen molar-refractivity contribution in [3.05, 3.63) is 54.5 Å². The van der Waals surface area contributed by atoms with Gasteiger partial charge in [0.05, 0.1) is 23.4 Å². The van der Waals surface area contributed by atoms with Crippen molar-refractivity contribution >= 4 is 16.8 Å². The van der Waals surface area contributed by atoms with Gasteiger partial charge in [-0.3, -0.25) is 4.79 Å². The van der Waals surface area contributed by atoms with Crippen LogP contribution in [0.1, 0.15) is 6.92 Å². The highest BCUT2D eigenvalue weighted by Gasteiger charge is 2.39. The summed E-state index contributed by atoms with van der Waals surface area (Å²) in [5.74, 6) is -1.93. The number of aromatic nitrogens is 2. The van der Waals surface area contributed by atoms with E-state index in [0.29, 0.717) is 11.4 Å². The van der Waals surface area contributed by atoms with Crippen LogP contribution in [-0.4, -0.2) is 34.5 Å². The van der Waals surface area contributed by atoms with Crippen molar-refractivity contribution in [1.29, 1.82) is 0 Å². The van der Waals surface area contributed by atoms with Crippen molar-refractivity contribution < 1.29 is 27.1 Å². The van der Waals surface area contributed by atoms with Gasteiger partial charge >= 0.3 is 12.1 Å². The van der Waals surface area contributed by atoms with Gasteiger partial charge in [0.25, 0.3) is 0 Å². The van der Waals surface area contributed by atoms with E-state index in [1.807, 2.05) is 5.32 Å². The molecule has 1 unspecified atom stereocenters. The fraction of sp³-hybridized carbons (Fsp3) is 0.222. The van der Waals surface area contributed by atoms with Crippen LogP contribution in [0, 0.1) is 5.82 Å². The van der Waals surface area contributed by atoms with E-state index in [4.69, 9.17) is 4.74 Å². The monoisotopic (exact) mass is 381 g/mol. The Bertz CT molecular complexity index is 951. The Hall–Kier alpha value is -3.10. The Balaban J connectivity index is 1.69. The average molecular weight is 381 g/mol. The molecule has 0 aliphatic carbocycles. The summed E-state index contributed by atoms with van der Waals surface area (Å²) >= 11 is 0. The van der Waals surface area contributed by atoms with Gasteiger partial charge in [0.15, 0.2) is 0 Å². The molecule has 27 heavy (non-hydrogen) atoms. The third-order valence-corrected chi connectivity index (χ3v) is 3.75. The van der Waals surface area contributed by atoms with Gasteiger partial charge in [0.1, 0.15) is 18.2 Å². The zero-order valence-electron chi connectivity index (χ0n) is 14.1. The van der Waals surface area contributed by atoms with Crippen molar-refractivity contribution in [3.8, 4) is 11.4 Å². The molecule has 1 atom stereocenters. The molecule has 9 heteroatoms. The molecule has 1 heterocycles. The normalized spacial score (nSPS) is 12.8. The van der Waals surface area contributed by atoms with E-state index in [1.165, 1.54) is 19.1 Å². The molecule has 3 aromatic rings. The summed E-state index contributed by atoms with van der Waals surface area (Å²) in [6.07, 6.45) is -3.33. The lowest BCUT2D eigenvalue weighted by atomic mass is 10.2. The van der Waals surface area contributed by atoms with Gasteiger partial charge in [-0.15, -0.1) is 0 Å². The first-order valence-corrected chi connectivity index (χ1v) is 7.98. The Morgan fingerprint density at radius 2 is 1.93 bits per heavy atom. The van der Waals surface area contributed by atoms with Crippen molar-refractivity contribution in [3.63, 3.8) is 0 Å². The smallest absolute Gasteiger partial charge is 0.471 e. The summed E-state index contributed by atoms with van der Waals surface area (Å²) in [4.78, 5) is 10.9. The number of ether oxygens (including phenoxy) is 1. The Morgan fingerprint density at radius 1 is 1.22 bits per heavy atom. The van der Waals surface area contributed by atoms with Crippen LogP contribution in [0.3, 0.4) is 0 Å². The summed E-state index contributed by atoms with van der Waals surface area (Å²) in [6, 6.07) is 10.1. The van der Waals surface area contributed by atoms with E-state index in [1.54, 1.807) is 41.2 Å². The molecule has 1 N–H and O–H groups in total. The molecule has 0 saturated heterocycles. The predicted octanol–water partition coefficient (Wildman–Crippen LogP) is 3.61. The van der Waals surface area contributed by atoms with Crippen LogP contribution in [-0.2, 0) is 4.79 Å². The topological polar surface area (TPSA) is 56.1 Å². The van der Waals surface area contributed by atoms with E-state index >= 15 is 0 Å². The van der Waals surface area contributed by atoms with Crippen LogP contribution in [0.4, 0.5) is 17.6 Å². The third kappa shape index (κ3) is 4.36. The van der Waals surface area contributed by atoms with Crippen LogP contribution in [0.5, 0.6) is 5.75 Å². The number of hydrogen-bond donors (Lipinski definition) is 1. The number of nitrogens with zero attached hydrogens (tertiary/aromatic N) is 2. The molecule has 0 radical (unpaired) electrons. The SMILES string of the molecule is CC(COc1ccc2c(cnn2-c2ccc(F)cc2)c1)NC(=O)C(F)(F)F. The summed E-state index contributed by atoms with van der Waals surface area (Å²) in [7, 11) is 0. The summed E-state index contributed by atoms with van der Waals surface area (Å²) in [6.45, 7) is 1.29. The summed E-state index contributed by atoms with van der Waals surface area (Å²) < 4.78 is 56.8. The summed E-state index contributed by atoms with van der Waals surface area (Å²) in [5, 5.41) is 6.82. The fourth-order valence-corrected chi connectivity index (χ4v) is 2.46. The number of benzene rings is 2. The zero-order chi connectivity index (χ0) is 19.6. The van der Waals surface area contributed by atoms with E-state index in [9.17, 15) is 22.4 Å². The second-order valence-electron chi connectivity index (χ2n) is 5.94. The molecule has 1 aromatic heterocycles. The molecule has 0 saturated carbocycles. The maximum atomic E-state index is 13.1. The lowest BCUT2D eigenvalue weighted by Crippen LogP contribution is -2.44. The van der Waals surface area contributed by atoms with Crippen LogP contribution >= 0.6 is 0 Å². The quantitative estimate of drug-likeness (QED) is 0.687. The first kappa shape index (κ1) is 18.7. The number of alkyl halides is 3. The molecule has 0 aliphatic rings. The second kappa shape index (κ2) is 7.26. The number of carbonyl (C=O) groups excluding carboxylic acids is 1. The standard InChI is InChI=1S/C18H15F4N3O2/c1-11(24-17(26)18(20,21)22)10-27-15-6-7-16-12(8-15)9-23-25(16)14-4-2-13(19)3-5-14/h2-9,11H,10H2,1H3,(H,24,26). The number of amides is 1. The molecule has 5 nitrogen and oxygen atoms in total. The van der Waals surface area contributed by atoms with Crippen LogP contribution < -0.4 is 10.1 Å². The minimum atomic E-state index is -4.93. The first-order valence-electron chi connectivity index (χ1n) is 7.98. The molecule has 2 aromatic carbocycles. The summed E-state index contributed by atoms with van der Waals surface area (Å²) in [5.41, 5.74) is 1.44. The average Bonchev–Trinajstić information content (AvgIpc) is 3.03. The molecule has 1 amide bonds. The van der Waals surface area contributed by atoms with Gasteiger partial charge in [-0.1, -0.05) is 0 Å². The highest BCUT2D eigenvalue weighted by Crippen LogP contribution is 2.23. The number of fused-ring (bicyclic) bond motifs is 1. The molecule has 0 spiro atoms. The molecular formula is C18H15F4N3O2. The minimum absolute atomic E-state index is 0.126. The zero-order valence-corrected chi connectivity index (χ0v) is 14.1. The second-order valence-corrected chi connectivity index (χ2v) is 5.94. The fourth-order valence-electron chi connectivity index (χ4n) is 2.46. The molecule has 3 rings (SSSR count). The Kier molecular flexibility index (Phi) is 5.02. The maximum Gasteiger partial charge on any atom is 0.471 e. The van der Waals surface area contributed by atoms with E-state index in [2.05, 4.69) is 5.10 Å². The first-order chi connectivity index (χ1) is 12.7. The van der Waals surface area contributed by atoms with Crippen LogP contribution in [0.25, 0.3) is 16.6 Å². The molecule has 142 valence electrons. The van der Waals surface area contributed by atoms with Crippen LogP contribution in [0.2, 0.25) is 0 Å². The number of carbonyl (C=O) groups is 1. The molecule has 0 bridgehead atoms. The van der Waals surface area contributed by atoms with Gasteiger partial charge in [0, 0.05) is 5.39 Å². The van der Waals surface area contributed by atoms with Gasteiger partial charge < -0.3 is 10.1 Å². The van der Waals surface area contributed by atoms with Gasteiger partial charge in [-0.05, 0) is 49.4 Å². The van der Waals surface area contributed by atoms with E-state index < -0.39 is 18.1 Å².